The molecule has 0 fully saturated rings. The molecule has 0 aromatic heterocycles. The Bertz CT molecular complexity index is 218. The maximum atomic E-state index is 5.97. The van der Waals surface area contributed by atoms with Crippen molar-refractivity contribution in [2.24, 2.45) is 5.92 Å². The van der Waals surface area contributed by atoms with Crippen molar-refractivity contribution < 1.29 is 4.74 Å². The van der Waals surface area contributed by atoms with Crippen LogP contribution >= 0.6 is 20.7 Å². The minimum atomic E-state index is 0.208. The van der Waals surface area contributed by atoms with E-state index in [9.17, 15) is 0 Å². The van der Waals surface area contributed by atoms with Gasteiger partial charge in [-0.25, -0.2) is 0 Å². The molecule has 0 aromatic carbocycles. The van der Waals surface area contributed by atoms with Gasteiger partial charge in [-0.05, 0) is 43.2 Å². The Morgan fingerprint density at radius 2 is 2.33 bits per heavy atom. The lowest BCUT2D eigenvalue weighted by molar-refractivity contribution is -0.0104. The molecule has 15 heavy (non-hydrogen) atoms. The largest absolute Gasteiger partial charge is 0.360 e. The molecule has 2 unspecified atom stereocenters. The van der Waals surface area contributed by atoms with Crippen LogP contribution in [0.2, 0.25) is 0 Å². The molecule has 0 aromatic rings. The summed E-state index contributed by atoms with van der Waals surface area (Å²) in [4.78, 5) is 0. The first-order chi connectivity index (χ1) is 7.17. The monoisotopic (exact) mass is 325 g/mol. The molecule has 0 aliphatic carbocycles. The maximum absolute atomic E-state index is 5.97. The average Bonchev–Trinajstić information content (AvgIpc) is 2.23. The Labute approximate surface area is 104 Å². The summed E-state index contributed by atoms with van der Waals surface area (Å²) in [6, 6.07) is 0. The van der Waals surface area contributed by atoms with Gasteiger partial charge in [0.1, 0.15) is 6.23 Å². The van der Waals surface area contributed by atoms with E-state index < -0.39 is 0 Å². The van der Waals surface area contributed by atoms with Crippen molar-refractivity contribution in [3.8, 4) is 0 Å². The molecule has 1 N–H and O–H groups in total. The van der Waals surface area contributed by atoms with E-state index in [1.807, 2.05) is 7.05 Å². The summed E-state index contributed by atoms with van der Waals surface area (Å²) in [5, 5.41) is 3.15. The van der Waals surface area contributed by atoms with Gasteiger partial charge >= 0.3 is 0 Å². The molecule has 90 valence electrons. The molecule has 0 radical (unpaired) electrons. The average molecular weight is 325 g/mol. The van der Waals surface area contributed by atoms with E-state index >= 15 is 0 Å². The van der Waals surface area contributed by atoms with Crippen LogP contribution in [0.5, 0.6) is 0 Å². The Morgan fingerprint density at radius 1 is 1.60 bits per heavy atom. The van der Waals surface area contributed by atoms with E-state index in [1.165, 1.54) is 23.7 Å². The van der Waals surface area contributed by atoms with Crippen LogP contribution in [0.15, 0.2) is 0 Å². The Kier molecular flexibility index (Phi) is 6.31. The van der Waals surface area contributed by atoms with E-state index in [2.05, 4.69) is 26.1 Å². The first kappa shape index (κ1) is 13.6. The molecule has 2 nitrogen and oxygen atoms in total. The number of rotatable bonds is 5. The fraction of sp³-hybridized carbons (Fsp3) is 0.917. The van der Waals surface area contributed by atoms with Crippen molar-refractivity contribution in [1.82, 2.24) is 5.32 Å². The SMILES string of the molecule is CCCC1CC(O[C@H](C)NC)CI=C1C. The molecule has 0 saturated carbocycles. The molecular formula is C12H24INO. The summed E-state index contributed by atoms with van der Waals surface area (Å²) in [6.07, 6.45) is 4.64. The topological polar surface area (TPSA) is 21.3 Å². The van der Waals surface area contributed by atoms with Crippen LogP contribution in [0.1, 0.15) is 40.0 Å². The van der Waals surface area contributed by atoms with E-state index in [-0.39, 0.29) is 27.0 Å². The summed E-state index contributed by atoms with van der Waals surface area (Å²) >= 11 is 0.286. The normalized spacial score (nSPS) is 29.2. The van der Waals surface area contributed by atoms with Crippen LogP contribution in [0, 0.1) is 5.92 Å². The summed E-state index contributed by atoms with van der Waals surface area (Å²) in [7, 11) is 1.96. The first-order valence-electron chi connectivity index (χ1n) is 5.92. The van der Waals surface area contributed by atoms with Crippen LogP contribution in [0.25, 0.3) is 0 Å². The molecule has 1 aliphatic rings. The molecule has 1 rings (SSSR count). The van der Waals surface area contributed by atoms with E-state index in [0.717, 1.165) is 5.92 Å². The smallest absolute Gasteiger partial charge is 0.105 e. The number of hydrogen-bond acceptors (Lipinski definition) is 2. The molecule has 3 heteroatoms. The zero-order valence-corrected chi connectivity index (χ0v) is 12.5. The molecule has 0 bridgehead atoms. The van der Waals surface area contributed by atoms with Crippen molar-refractivity contribution in [3.05, 3.63) is 0 Å². The number of halogens is 1. The van der Waals surface area contributed by atoms with Gasteiger partial charge in [0.05, 0.1) is 6.10 Å². The van der Waals surface area contributed by atoms with Gasteiger partial charge in [-0.15, -0.1) is 20.7 Å². The Balaban J connectivity index is 2.44. The zero-order chi connectivity index (χ0) is 11.3. The van der Waals surface area contributed by atoms with Gasteiger partial charge in [0.2, 0.25) is 0 Å². The molecule has 1 heterocycles. The lowest BCUT2D eigenvalue weighted by atomic mass is 9.94. The standard InChI is InChI=1S/C12H24INO/c1-5-6-11-7-12(8-13-9(11)2)15-10(3)14-4/h10-12,14H,5-8H2,1-4H3/t10-,11?,12?/m1/s1. The minimum Gasteiger partial charge on any atom is -0.360 e. The lowest BCUT2D eigenvalue weighted by Gasteiger charge is -2.29. The highest BCUT2D eigenvalue weighted by Gasteiger charge is 2.23. The number of nitrogens with one attached hydrogen (secondary N) is 1. The third kappa shape index (κ3) is 4.49. The summed E-state index contributed by atoms with van der Waals surface area (Å²) in [5.74, 6) is 0.852. The van der Waals surface area contributed by atoms with Crippen LogP contribution in [0.4, 0.5) is 0 Å². The lowest BCUT2D eigenvalue weighted by Crippen LogP contribution is -2.34. The second-order valence-corrected chi connectivity index (χ2v) is 7.63. The van der Waals surface area contributed by atoms with E-state index in [0.29, 0.717) is 6.10 Å². The summed E-state index contributed by atoms with van der Waals surface area (Å²) in [6.45, 7) is 6.75. The first-order valence-corrected chi connectivity index (χ1v) is 8.53. The second-order valence-electron chi connectivity index (χ2n) is 4.28. The van der Waals surface area contributed by atoms with E-state index in [1.54, 1.807) is 3.51 Å². The minimum absolute atomic E-state index is 0.208. The van der Waals surface area contributed by atoms with Crippen molar-refractivity contribution >= 4 is 24.2 Å². The molecule has 0 amide bonds. The third-order valence-electron chi connectivity index (χ3n) is 3.01. The molecule has 3 atom stereocenters. The predicted molar refractivity (Wildman–Crippen MR) is 76.0 cm³/mol. The second kappa shape index (κ2) is 6.97. The van der Waals surface area contributed by atoms with E-state index in [4.69, 9.17) is 4.74 Å². The number of alkyl halides is 1. The Morgan fingerprint density at radius 3 is 2.93 bits per heavy atom. The van der Waals surface area contributed by atoms with Crippen molar-refractivity contribution in [1.29, 1.82) is 0 Å². The fourth-order valence-electron chi connectivity index (χ4n) is 1.97. The van der Waals surface area contributed by atoms with Gasteiger partial charge in [0.25, 0.3) is 0 Å². The third-order valence-corrected chi connectivity index (χ3v) is 6.52. The predicted octanol–water partition coefficient (Wildman–Crippen LogP) is 2.92. The van der Waals surface area contributed by atoms with Crippen molar-refractivity contribution in [2.75, 3.05) is 11.5 Å². The quantitative estimate of drug-likeness (QED) is 0.477. The highest BCUT2D eigenvalue weighted by atomic mass is 127. The molecule has 0 spiro atoms. The fourth-order valence-corrected chi connectivity index (χ4v) is 4.91. The maximum Gasteiger partial charge on any atom is 0.105 e. The van der Waals surface area contributed by atoms with Gasteiger partial charge in [-0.3, -0.25) is 5.32 Å². The molecule has 1 aliphatic heterocycles. The van der Waals surface area contributed by atoms with Crippen molar-refractivity contribution in [3.63, 3.8) is 0 Å². The number of ether oxygens (including phenoxy) is 1. The van der Waals surface area contributed by atoms with Crippen LogP contribution in [-0.4, -0.2) is 27.3 Å². The van der Waals surface area contributed by atoms with Crippen LogP contribution in [-0.2, 0) is 4.74 Å². The van der Waals surface area contributed by atoms with Gasteiger partial charge in [-0.1, -0.05) is 13.3 Å². The summed E-state index contributed by atoms with van der Waals surface area (Å²) in [5.41, 5.74) is 0. The van der Waals surface area contributed by atoms with Crippen LogP contribution < -0.4 is 5.32 Å². The van der Waals surface area contributed by atoms with Crippen LogP contribution in [0.3, 0.4) is 0 Å². The summed E-state index contributed by atoms with van der Waals surface area (Å²) < 4.78 is 9.08. The highest BCUT2D eigenvalue weighted by Crippen LogP contribution is 2.28. The molecule has 0 saturated heterocycles. The van der Waals surface area contributed by atoms with Gasteiger partial charge in [-0.2, -0.15) is 0 Å². The van der Waals surface area contributed by atoms with Crippen molar-refractivity contribution in [2.45, 2.75) is 52.4 Å². The highest BCUT2D eigenvalue weighted by molar-refractivity contribution is 14.2. The number of hydrogen-bond donors (Lipinski definition) is 1. The molecular weight excluding hydrogens is 301 g/mol. The zero-order valence-electron chi connectivity index (χ0n) is 10.3. The Hall–Kier alpha value is 0.520. The van der Waals surface area contributed by atoms with Gasteiger partial charge in [0, 0.05) is 4.43 Å². The van der Waals surface area contributed by atoms with Gasteiger partial charge in [0.15, 0.2) is 0 Å². The van der Waals surface area contributed by atoms with Gasteiger partial charge < -0.3 is 4.74 Å².